The molecule has 0 fully saturated rings. The van der Waals surface area contributed by atoms with Gasteiger partial charge in [-0.25, -0.2) is 4.79 Å². The van der Waals surface area contributed by atoms with Crippen molar-refractivity contribution in [3.8, 4) is 0 Å². The summed E-state index contributed by atoms with van der Waals surface area (Å²) >= 11 is 0. The predicted molar refractivity (Wildman–Crippen MR) is 119 cm³/mol. The monoisotopic (exact) mass is 416 g/mol. The highest BCUT2D eigenvalue weighted by molar-refractivity contribution is 6.08. The van der Waals surface area contributed by atoms with Gasteiger partial charge >= 0.3 is 5.97 Å². The van der Waals surface area contributed by atoms with Crippen LogP contribution in [0.4, 0.5) is 5.69 Å². The Balaban J connectivity index is 1.62. The molecule has 0 aliphatic rings. The second-order valence-corrected chi connectivity index (χ2v) is 6.84. The van der Waals surface area contributed by atoms with E-state index >= 15 is 0 Å². The number of benzene rings is 3. The largest absolute Gasteiger partial charge is 0.452 e. The van der Waals surface area contributed by atoms with Crippen LogP contribution in [0.15, 0.2) is 84.9 Å². The van der Waals surface area contributed by atoms with Crippen molar-refractivity contribution in [3.05, 3.63) is 102 Å². The molecule has 0 heterocycles. The van der Waals surface area contributed by atoms with Gasteiger partial charge in [0.25, 0.3) is 11.8 Å². The summed E-state index contributed by atoms with van der Waals surface area (Å²) in [7, 11) is 0. The maximum atomic E-state index is 12.6. The number of likely N-dealkylation sites (N-methyl/N-ethyl adjacent to an activating group) is 1. The lowest BCUT2D eigenvalue weighted by Gasteiger charge is -2.21. The number of nitrogens with zero attached hydrogens (tertiary/aromatic N) is 1. The van der Waals surface area contributed by atoms with Crippen molar-refractivity contribution >= 4 is 23.5 Å². The third-order valence-electron chi connectivity index (χ3n) is 4.71. The number of anilines is 1. The van der Waals surface area contributed by atoms with Gasteiger partial charge in [-0.3, -0.25) is 9.59 Å². The summed E-state index contributed by atoms with van der Waals surface area (Å²) in [6.45, 7) is 2.43. The molecule has 6 heteroatoms. The van der Waals surface area contributed by atoms with Gasteiger partial charge in [-0.15, -0.1) is 0 Å². The van der Waals surface area contributed by atoms with Crippen molar-refractivity contribution < 1.29 is 19.1 Å². The van der Waals surface area contributed by atoms with Crippen LogP contribution >= 0.6 is 0 Å². The molecule has 3 rings (SSSR count). The quantitative estimate of drug-likeness (QED) is 0.560. The van der Waals surface area contributed by atoms with Crippen LogP contribution in [0.3, 0.4) is 0 Å². The van der Waals surface area contributed by atoms with Gasteiger partial charge in [0.1, 0.15) is 0 Å². The summed E-state index contributed by atoms with van der Waals surface area (Å²) in [4.78, 5) is 39.2. The van der Waals surface area contributed by atoms with Crippen molar-refractivity contribution in [2.45, 2.75) is 13.5 Å². The summed E-state index contributed by atoms with van der Waals surface area (Å²) in [5.41, 5.74) is 1.98. The van der Waals surface area contributed by atoms with Crippen LogP contribution in [0, 0.1) is 0 Å². The number of para-hydroxylation sites is 1. The molecule has 1 N–H and O–H groups in total. The van der Waals surface area contributed by atoms with E-state index in [-0.39, 0.29) is 24.0 Å². The Kier molecular flexibility index (Phi) is 7.54. The van der Waals surface area contributed by atoms with Crippen LogP contribution in [-0.4, -0.2) is 35.8 Å². The Labute approximate surface area is 181 Å². The molecular weight excluding hydrogens is 392 g/mol. The zero-order chi connectivity index (χ0) is 22.1. The average Bonchev–Trinajstić information content (AvgIpc) is 2.82. The predicted octanol–water partition coefficient (Wildman–Crippen LogP) is 4.14. The number of carbonyl (C=O) groups is 3. The van der Waals surface area contributed by atoms with E-state index in [1.165, 1.54) is 0 Å². The Morgan fingerprint density at radius 2 is 1.45 bits per heavy atom. The lowest BCUT2D eigenvalue weighted by atomic mass is 10.1. The summed E-state index contributed by atoms with van der Waals surface area (Å²) in [5, 5.41) is 2.73. The summed E-state index contributed by atoms with van der Waals surface area (Å²) in [6, 6.07) is 24.9. The van der Waals surface area contributed by atoms with Gasteiger partial charge in [-0.2, -0.15) is 0 Å². The Morgan fingerprint density at radius 3 is 2.13 bits per heavy atom. The van der Waals surface area contributed by atoms with E-state index in [0.29, 0.717) is 24.3 Å². The fourth-order valence-corrected chi connectivity index (χ4v) is 3.03. The molecular formula is C25H24N2O4. The van der Waals surface area contributed by atoms with Gasteiger partial charge in [0.15, 0.2) is 6.61 Å². The zero-order valence-corrected chi connectivity index (χ0v) is 17.3. The number of carbonyl (C=O) groups excluding carboxylic acids is 3. The lowest BCUT2D eigenvalue weighted by molar-refractivity contribution is -0.134. The molecule has 0 aliphatic heterocycles. The topological polar surface area (TPSA) is 75.7 Å². The Bertz CT molecular complexity index is 1040. The second kappa shape index (κ2) is 10.7. The van der Waals surface area contributed by atoms with E-state index in [2.05, 4.69) is 5.32 Å². The van der Waals surface area contributed by atoms with E-state index < -0.39 is 5.97 Å². The molecule has 0 radical (unpaired) electrons. The van der Waals surface area contributed by atoms with Crippen molar-refractivity contribution in [2.75, 3.05) is 18.5 Å². The number of hydrogen-bond acceptors (Lipinski definition) is 4. The van der Waals surface area contributed by atoms with Crippen molar-refractivity contribution in [2.24, 2.45) is 0 Å². The molecule has 0 aromatic heterocycles. The number of ether oxygens (including phenoxy) is 1. The first-order valence-corrected chi connectivity index (χ1v) is 10.0. The van der Waals surface area contributed by atoms with Gasteiger partial charge in [0.05, 0.1) is 11.3 Å². The first-order valence-electron chi connectivity index (χ1n) is 10.0. The smallest absolute Gasteiger partial charge is 0.340 e. The molecule has 6 nitrogen and oxygen atoms in total. The minimum atomic E-state index is -0.673. The van der Waals surface area contributed by atoms with E-state index in [9.17, 15) is 14.4 Å². The van der Waals surface area contributed by atoms with Crippen LogP contribution in [0.25, 0.3) is 0 Å². The molecule has 0 bridgehead atoms. The Morgan fingerprint density at radius 1 is 0.839 bits per heavy atom. The molecule has 3 aromatic carbocycles. The number of rotatable bonds is 8. The summed E-state index contributed by atoms with van der Waals surface area (Å²) in [6.07, 6.45) is 0. The van der Waals surface area contributed by atoms with Crippen molar-refractivity contribution in [1.82, 2.24) is 4.90 Å². The van der Waals surface area contributed by atoms with E-state index in [4.69, 9.17) is 4.74 Å². The highest BCUT2D eigenvalue weighted by atomic mass is 16.5. The highest BCUT2D eigenvalue weighted by Crippen LogP contribution is 2.18. The highest BCUT2D eigenvalue weighted by Gasteiger charge is 2.18. The number of nitrogens with one attached hydrogen (secondary N) is 1. The van der Waals surface area contributed by atoms with E-state index in [1.807, 2.05) is 43.3 Å². The standard InChI is InChI=1S/C25H24N2O4/c1-2-27(17-19-11-5-3-6-12-19)23(28)18-31-25(30)21-15-9-10-16-22(21)26-24(29)20-13-7-4-8-14-20/h3-16H,2,17-18H2,1H3,(H,26,29). The van der Waals surface area contributed by atoms with Crippen molar-refractivity contribution in [1.29, 1.82) is 0 Å². The first kappa shape index (κ1) is 21.8. The number of amides is 2. The van der Waals surface area contributed by atoms with Gasteiger partial charge < -0.3 is 15.0 Å². The average molecular weight is 416 g/mol. The summed E-state index contributed by atoms with van der Waals surface area (Å²) < 4.78 is 5.26. The van der Waals surface area contributed by atoms with Gasteiger partial charge in [0, 0.05) is 18.7 Å². The molecule has 0 saturated heterocycles. The molecule has 0 unspecified atom stereocenters. The second-order valence-electron chi connectivity index (χ2n) is 6.84. The van der Waals surface area contributed by atoms with Gasteiger partial charge in [-0.1, -0.05) is 60.7 Å². The molecule has 31 heavy (non-hydrogen) atoms. The SMILES string of the molecule is CCN(Cc1ccccc1)C(=O)COC(=O)c1ccccc1NC(=O)c1ccccc1. The minimum absolute atomic E-state index is 0.186. The molecule has 0 spiro atoms. The van der Waals surface area contributed by atoms with E-state index in [1.54, 1.807) is 53.4 Å². The fraction of sp³-hybridized carbons (Fsp3) is 0.160. The fourth-order valence-electron chi connectivity index (χ4n) is 3.03. The Hall–Kier alpha value is -3.93. The van der Waals surface area contributed by atoms with Crippen LogP contribution in [0.1, 0.15) is 33.2 Å². The zero-order valence-electron chi connectivity index (χ0n) is 17.3. The maximum Gasteiger partial charge on any atom is 0.340 e. The van der Waals surface area contributed by atoms with Crippen LogP contribution in [0.5, 0.6) is 0 Å². The van der Waals surface area contributed by atoms with Gasteiger partial charge in [-0.05, 0) is 36.8 Å². The normalized spacial score (nSPS) is 10.2. The van der Waals surface area contributed by atoms with Crippen LogP contribution in [0.2, 0.25) is 0 Å². The number of esters is 1. The van der Waals surface area contributed by atoms with Crippen molar-refractivity contribution in [3.63, 3.8) is 0 Å². The molecule has 3 aromatic rings. The van der Waals surface area contributed by atoms with Gasteiger partial charge in [0.2, 0.25) is 0 Å². The number of hydrogen-bond donors (Lipinski definition) is 1. The molecule has 0 saturated carbocycles. The summed E-state index contributed by atoms with van der Waals surface area (Å²) in [5.74, 6) is -1.30. The molecule has 0 aliphatic carbocycles. The van der Waals surface area contributed by atoms with E-state index in [0.717, 1.165) is 5.56 Å². The van der Waals surface area contributed by atoms with Crippen LogP contribution < -0.4 is 5.32 Å². The molecule has 2 amide bonds. The lowest BCUT2D eigenvalue weighted by Crippen LogP contribution is -2.34. The minimum Gasteiger partial charge on any atom is -0.452 e. The first-order chi connectivity index (χ1) is 15.1. The molecule has 158 valence electrons. The molecule has 0 atom stereocenters. The third kappa shape index (κ3) is 6.02. The van der Waals surface area contributed by atoms with Crippen LogP contribution in [-0.2, 0) is 16.1 Å². The maximum absolute atomic E-state index is 12.6. The third-order valence-corrected chi connectivity index (χ3v) is 4.71.